The first kappa shape index (κ1) is 14.6. The molecule has 0 spiro atoms. The number of esters is 1. The first-order valence-corrected chi connectivity index (χ1v) is 7.22. The van der Waals surface area contributed by atoms with Gasteiger partial charge in [0, 0.05) is 17.9 Å². The molecule has 1 aromatic rings. The Kier molecular flexibility index (Phi) is 3.64. The smallest absolute Gasteiger partial charge is 0.337 e. The number of ether oxygens (including phenoxy) is 2. The van der Waals surface area contributed by atoms with Gasteiger partial charge in [0.2, 0.25) is 0 Å². The lowest BCUT2D eigenvalue weighted by atomic mass is 9.89. The highest BCUT2D eigenvalue weighted by Gasteiger charge is 2.47. The fraction of sp³-hybridized carbons (Fsp3) is 0.353. The largest absolute Gasteiger partial charge is 0.508 e. The molecule has 1 N–H and O–H groups in total. The van der Waals surface area contributed by atoms with Gasteiger partial charge in [0.1, 0.15) is 17.3 Å². The van der Waals surface area contributed by atoms with Crippen molar-refractivity contribution in [1.29, 1.82) is 0 Å². The van der Waals surface area contributed by atoms with Crippen molar-refractivity contribution in [2.24, 2.45) is 5.92 Å². The molecule has 0 radical (unpaired) electrons. The molecule has 2 atom stereocenters. The minimum atomic E-state index is -0.552. The van der Waals surface area contributed by atoms with Crippen LogP contribution in [0.1, 0.15) is 25.3 Å². The van der Waals surface area contributed by atoms with E-state index in [0.717, 1.165) is 16.9 Å². The highest BCUT2D eigenvalue weighted by atomic mass is 19.1. The van der Waals surface area contributed by atoms with Crippen molar-refractivity contribution in [2.75, 3.05) is 7.11 Å². The zero-order valence-corrected chi connectivity index (χ0v) is 12.4. The van der Waals surface area contributed by atoms with E-state index in [4.69, 9.17) is 9.47 Å². The molecule has 0 unspecified atom stereocenters. The molecule has 0 bridgehead atoms. The van der Waals surface area contributed by atoms with Gasteiger partial charge in [-0.3, -0.25) is 0 Å². The van der Waals surface area contributed by atoms with E-state index >= 15 is 0 Å². The highest BCUT2D eigenvalue weighted by Crippen LogP contribution is 2.49. The summed E-state index contributed by atoms with van der Waals surface area (Å²) in [6, 6.07) is 6.18. The summed E-state index contributed by atoms with van der Waals surface area (Å²) >= 11 is 0. The molecule has 5 heteroatoms. The molecule has 1 aliphatic carbocycles. The second-order valence-electron chi connectivity index (χ2n) is 5.40. The third kappa shape index (κ3) is 2.17. The van der Waals surface area contributed by atoms with Crippen LogP contribution in [-0.2, 0) is 14.3 Å². The van der Waals surface area contributed by atoms with Crippen molar-refractivity contribution in [2.45, 2.75) is 25.9 Å². The van der Waals surface area contributed by atoms with Crippen LogP contribution in [0, 0.1) is 11.7 Å². The predicted molar refractivity (Wildman–Crippen MR) is 78.3 cm³/mol. The topological polar surface area (TPSA) is 55.8 Å². The molecular formula is C17H17FO4. The summed E-state index contributed by atoms with van der Waals surface area (Å²) in [5, 5.41) is 10.2. The Labute approximate surface area is 127 Å². The van der Waals surface area contributed by atoms with Gasteiger partial charge >= 0.3 is 5.97 Å². The zero-order valence-electron chi connectivity index (χ0n) is 12.4. The molecule has 116 valence electrons. The van der Waals surface area contributed by atoms with Gasteiger partial charge in [-0.25, -0.2) is 9.18 Å². The van der Waals surface area contributed by atoms with E-state index in [-0.39, 0.29) is 23.1 Å². The first-order chi connectivity index (χ1) is 10.6. The van der Waals surface area contributed by atoms with Crippen molar-refractivity contribution in [3.8, 4) is 0 Å². The second kappa shape index (κ2) is 5.48. The van der Waals surface area contributed by atoms with Crippen LogP contribution in [0.4, 0.5) is 4.39 Å². The third-order valence-electron chi connectivity index (χ3n) is 4.22. The Morgan fingerprint density at radius 3 is 2.68 bits per heavy atom. The lowest BCUT2D eigenvalue weighted by molar-refractivity contribution is -0.136. The lowest BCUT2D eigenvalue weighted by Gasteiger charge is -2.12. The van der Waals surface area contributed by atoms with Crippen molar-refractivity contribution in [3.05, 3.63) is 52.7 Å². The number of methoxy groups -OCH3 is 1. The van der Waals surface area contributed by atoms with E-state index in [0.29, 0.717) is 12.8 Å². The molecule has 22 heavy (non-hydrogen) atoms. The van der Waals surface area contributed by atoms with Crippen LogP contribution in [0.2, 0.25) is 0 Å². The number of aliphatic hydroxyl groups is 1. The summed E-state index contributed by atoms with van der Waals surface area (Å²) < 4.78 is 23.7. The van der Waals surface area contributed by atoms with Gasteiger partial charge in [-0.2, -0.15) is 0 Å². The van der Waals surface area contributed by atoms with E-state index in [1.165, 1.54) is 19.2 Å². The van der Waals surface area contributed by atoms with E-state index in [1.54, 1.807) is 12.1 Å². The van der Waals surface area contributed by atoms with Crippen LogP contribution in [0.3, 0.4) is 0 Å². The Morgan fingerprint density at radius 2 is 2.09 bits per heavy atom. The Hall–Kier alpha value is -2.30. The average Bonchev–Trinajstić information content (AvgIpc) is 3.04. The molecule has 1 heterocycles. The molecular weight excluding hydrogens is 287 g/mol. The molecule has 0 saturated carbocycles. The second-order valence-corrected chi connectivity index (χ2v) is 5.40. The van der Waals surface area contributed by atoms with Crippen molar-refractivity contribution in [1.82, 2.24) is 0 Å². The van der Waals surface area contributed by atoms with Crippen LogP contribution < -0.4 is 0 Å². The van der Waals surface area contributed by atoms with E-state index in [2.05, 4.69) is 0 Å². The summed E-state index contributed by atoms with van der Waals surface area (Å²) in [7, 11) is 1.28. The number of hydrogen-bond acceptors (Lipinski definition) is 4. The van der Waals surface area contributed by atoms with E-state index in [1.807, 2.05) is 6.92 Å². The number of benzene rings is 1. The van der Waals surface area contributed by atoms with Gasteiger partial charge in [0.25, 0.3) is 0 Å². The Balaban J connectivity index is 1.97. The molecule has 4 nitrogen and oxygen atoms in total. The fourth-order valence-electron chi connectivity index (χ4n) is 3.20. The summed E-state index contributed by atoms with van der Waals surface area (Å²) in [6.45, 7) is 1.96. The number of allylic oxidation sites excluding steroid dienone is 1. The van der Waals surface area contributed by atoms with Crippen molar-refractivity contribution >= 4 is 11.5 Å². The summed E-state index contributed by atoms with van der Waals surface area (Å²) in [5.41, 5.74) is 2.04. The third-order valence-corrected chi connectivity index (χ3v) is 4.22. The van der Waals surface area contributed by atoms with Gasteiger partial charge < -0.3 is 14.6 Å². The standard InChI is InChI=1S/C17H17FO4/c1-3-13-14(9-4-6-10(18)7-5-9)11-8-12(17(20)21-2)15(19)16(11)22-13/h4-7,11,16,19H,3,8H2,1-2H3/t11-,16+/m0/s1. The van der Waals surface area contributed by atoms with E-state index < -0.39 is 12.1 Å². The van der Waals surface area contributed by atoms with Gasteiger partial charge in [-0.05, 0) is 24.1 Å². The molecule has 1 aliphatic heterocycles. The van der Waals surface area contributed by atoms with Crippen LogP contribution in [0.15, 0.2) is 41.4 Å². The van der Waals surface area contributed by atoms with E-state index in [9.17, 15) is 14.3 Å². The number of rotatable bonds is 3. The predicted octanol–water partition coefficient (Wildman–Crippen LogP) is 3.35. The number of aliphatic hydroxyl groups excluding tert-OH is 1. The van der Waals surface area contributed by atoms with Crippen molar-refractivity contribution < 1.29 is 23.8 Å². The number of carbonyl (C=O) groups excluding carboxylic acids is 1. The number of fused-ring (bicyclic) bond motifs is 1. The zero-order chi connectivity index (χ0) is 15.9. The van der Waals surface area contributed by atoms with Gasteiger partial charge in [-0.15, -0.1) is 0 Å². The number of halogens is 1. The molecule has 0 amide bonds. The lowest BCUT2D eigenvalue weighted by Crippen LogP contribution is -2.15. The monoisotopic (exact) mass is 304 g/mol. The Morgan fingerprint density at radius 1 is 1.41 bits per heavy atom. The molecule has 1 aromatic carbocycles. The summed E-state index contributed by atoms with van der Waals surface area (Å²) in [6.07, 6.45) is 0.476. The fourth-order valence-corrected chi connectivity index (χ4v) is 3.20. The molecule has 2 aliphatic rings. The minimum absolute atomic E-state index is 0.0556. The molecule has 0 saturated heterocycles. The van der Waals surface area contributed by atoms with Crippen LogP contribution in [-0.4, -0.2) is 24.3 Å². The summed E-state index contributed by atoms with van der Waals surface area (Å²) in [4.78, 5) is 11.7. The average molecular weight is 304 g/mol. The van der Waals surface area contributed by atoms with Crippen LogP contribution in [0.25, 0.3) is 5.57 Å². The van der Waals surface area contributed by atoms with Gasteiger partial charge in [0.15, 0.2) is 6.10 Å². The number of carbonyl (C=O) groups is 1. The Bertz CT molecular complexity index is 672. The van der Waals surface area contributed by atoms with Gasteiger partial charge in [0.05, 0.1) is 12.7 Å². The highest BCUT2D eigenvalue weighted by molar-refractivity contribution is 5.91. The maximum absolute atomic E-state index is 13.1. The SMILES string of the molecule is CCC1=C(c2ccc(F)cc2)[C@@H]2CC(C(=O)OC)=C(O)[C@@H]2O1. The van der Waals surface area contributed by atoms with Crippen LogP contribution >= 0.6 is 0 Å². The number of hydrogen-bond donors (Lipinski definition) is 1. The maximum Gasteiger partial charge on any atom is 0.337 e. The van der Waals surface area contributed by atoms with Gasteiger partial charge in [-0.1, -0.05) is 19.1 Å². The molecule has 0 fully saturated rings. The molecule has 3 rings (SSSR count). The quantitative estimate of drug-likeness (QED) is 0.870. The minimum Gasteiger partial charge on any atom is -0.508 e. The van der Waals surface area contributed by atoms with Crippen molar-refractivity contribution in [3.63, 3.8) is 0 Å². The normalized spacial score (nSPS) is 23.6. The first-order valence-electron chi connectivity index (χ1n) is 7.22. The maximum atomic E-state index is 13.1. The molecule has 0 aromatic heterocycles. The summed E-state index contributed by atoms with van der Waals surface area (Å²) in [5.74, 6) is -0.265. The van der Waals surface area contributed by atoms with Crippen LogP contribution in [0.5, 0.6) is 0 Å².